The maximum atomic E-state index is 12.2. The monoisotopic (exact) mass is 249 g/mol. The number of aromatic nitrogens is 1. The number of nitrogens with zero attached hydrogens (tertiary/aromatic N) is 2. The number of hydrogen-bond acceptors (Lipinski definition) is 3. The molecule has 0 atom stereocenters. The van der Waals surface area contributed by atoms with Gasteiger partial charge >= 0.3 is 0 Å². The lowest BCUT2D eigenvalue weighted by atomic mass is 10.1. The SMILES string of the molecule is CCCCN(C)C(=O)c1cc(N)nc(CCC)c1. The van der Waals surface area contributed by atoms with Crippen molar-refractivity contribution in [2.75, 3.05) is 19.3 Å². The number of carbonyl (C=O) groups excluding carboxylic acids is 1. The first-order valence-corrected chi connectivity index (χ1v) is 6.60. The van der Waals surface area contributed by atoms with Gasteiger partial charge in [-0.25, -0.2) is 4.98 Å². The minimum absolute atomic E-state index is 0.0231. The summed E-state index contributed by atoms with van der Waals surface area (Å²) < 4.78 is 0. The number of amides is 1. The topological polar surface area (TPSA) is 59.2 Å². The summed E-state index contributed by atoms with van der Waals surface area (Å²) in [7, 11) is 1.83. The lowest BCUT2D eigenvalue weighted by Crippen LogP contribution is -2.28. The van der Waals surface area contributed by atoms with Gasteiger partial charge in [-0.05, 0) is 25.0 Å². The second-order valence-corrected chi connectivity index (χ2v) is 4.60. The van der Waals surface area contributed by atoms with Crippen molar-refractivity contribution in [1.82, 2.24) is 9.88 Å². The molecule has 100 valence electrons. The molecule has 1 rings (SSSR count). The van der Waals surface area contributed by atoms with Crippen LogP contribution in [0.5, 0.6) is 0 Å². The van der Waals surface area contributed by atoms with Gasteiger partial charge in [-0.1, -0.05) is 26.7 Å². The van der Waals surface area contributed by atoms with E-state index in [0.29, 0.717) is 11.4 Å². The van der Waals surface area contributed by atoms with Crippen molar-refractivity contribution < 1.29 is 4.79 Å². The van der Waals surface area contributed by atoms with Gasteiger partial charge in [-0.3, -0.25) is 4.79 Å². The van der Waals surface area contributed by atoms with Crippen LogP contribution in [-0.4, -0.2) is 29.4 Å². The molecule has 4 nitrogen and oxygen atoms in total. The van der Waals surface area contributed by atoms with Gasteiger partial charge in [0, 0.05) is 24.8 Å². The van der Waals surface area contributed by atoms with Crippen molar-refractivity contribution in [3.63, 3.8) is 0 Å². The zero-order valence-electron chi connectivity index (χ0n) is 11.6. The van der Waals surface area contributed by atoms with Gasteiger partial charge in [0.05, 0.1) is 0 Å². The first-order valence-electron chi connectivity index (χ1n) is 6.60. The Kier molecular flexibility index (Phi) is 5.62. The molecule has 2 N–H and O–H groups in total. The van der Waals surface area contributed by atoms with Crippen molar-refractivity contribution in [2.24, 2.45) is 0 Å². The fourth-order valence-corrected chi connectivity index (χ4v) is 1.84. The average molecular weight is 249 g/mol. The Morgan fingerprint density at radius 1 is 1.33 bits per heavy atom. The Morgan fingerprint density at radius 3 is 2.67 bits per heavy atom. The lowest BCUT2D eigenvalue weighted by molar-refractivity contribution is 0.0793. The smallest absolute Gasteiger partial charge is 0.253 e. The molecule has 0 aliphatic heterocycles. The molecule has 0 radical (unpaired) electrons. The van der Waals surface area contributed by atoms with Crippen LogP contribution in [0.1, 0.15) is 49.2 Å². The first kappa shape index (κ1) is 14.5. The van der Waals surface area contributed by atoms with Gasteiger partial charge in [-0.2, -0.15) is 0 Å². The number of unbranched alkanes of at least 4 members (excludes halogenated alkanes) is 1. The van der Waals surface area contributed by atoms with Crippen LogP contribution in [0.15, 0.2) is 12.1 Å². The zero-order valence-corrected chi connectivity index (χ0v) is 11.6. The minimum Gasteiger partial charge on any atom is -0.384 e. The van der Waals surface area contributed by atoms with E-state index in [1.54, 1.807) is 11.0 Å². The summed E-state index contributed by atoms with van der Waals surface area (Å²) in [4.78, 5) is 18.2. The summed E-state index contributed by atoms with van der Waals surface area (Å²) in [6.45, 7) is 4.97. The normalized spacial score (nSPS) is 10.4. The predicted octanol–water partition coefficient (Wildman–Crippen LogP) is 2.49. The molecule has 1 amide bonds. The highest BCUT2D eigenvalue weighted by atomic mass is 16.2. The summed E-state index contributed by atoms with van der Waals surface area (Å²) in [5.74, 6) is 0.447. The number of nitrogen functional groups attached to an aromatic ring is 1. The standard InChI is InChI=1S/C14H23N3O/c1-4-6-8-17(3)14(18)11-9-12(7-5-2)16-13(15)10-11/h9-10H,4-8H2,1-3H3,(H2,15,16). The lowest BCUT2D eigenvalue weighted by Gasteiger charge is -2.17. The van der Waals surface area contributed by atoms with Gasteiger partial charge in [0.15, 0.2) is 0 Å². The number of hydrogen-bond donors (Lipinski definition) is 1. The third-order valence-electron chi connectivity index (χ3n) is 2.85. The molecule has 0 spiro atoms. The number of anilines is 1. The Labute approximate surface area is 109 Å². The molecule has 18 heavy (non-hydrogen) atoms. The number of rotatable bonds is 6. The molecule has 1 aromatic rings. The molecule has 0 aromatic carbocycles. The van der Waals surface area contributed by atoms with Gasteiger partial charge in [-0.15, -0.1) is 0 Å². The van der Waals surface area contributed by atoms with Gasteiger partial charge in [0.25, 0.3) is 5.91 Å². The van der Waals surface area contributed by atoms with Crippen LogP contribution in [0.3, 0.4) is 0 Å². The van der Waals surface area contributed by atoms with E-state index < -0.39 is 0 Å². The van der Waals surface area contributed by atoms with E-state index in [9.17, 15) is 4.79 Å². The molecule has 0 aliphatic carbocycles. The maximum absolute atomic E-state index is 12.2. The molecule has 1 aromatic heterocycles. The van der Waals surface area contributed by atoms with Gasteiger partial charge in [0.1, 0.15) is 5.82 Å². The Bertz CT molecular complexity index is 404. The number of pyridine rings is 1. The van der Waals surface area contributed by atoms with Crippen LogP contribution in [0.4, 0.5) is 5.82 Å². The fourth-order valence-electron chi connectivity index (χ4n) is 1.84. The second kappa shape index (κ2) is 6.99. The van der Waals surface area contributed by atoms with E-state index in [1.807, 2.05) is 13.1 Å². The quantitative estimate of drug-likeness (QED) is 0.842. The van der Waals surface area contributed by atoms with Crippen molar-refractivity contribution in [3.05, 3.63) is 23.4 Å². The predicted molar refractivity (Wildman–Crippen MR) is 74.5 cm³/mol. The van der Waals surface area contributed by atoms with Crippen LogP contribution in [0.2, 0.25) is 0 Å². The molecular weight excluding hydrogens is 226 g/mol. The number of nitrogens with two attached hydrogens (primary N) is 1. The number of aryl methyl sites for hydroxylation is 1. The molecule has 0 saturated heterocycles. The zero-order chi connectivity index (χ0) is 13.5. The fraction of sp³-hybridized carbons (Fsp3) is 0.571. The van der Waals surface area contributed by atoms with Gasteiger partial charge in [0.2, 0.25) is 0 Å². The van der Waals surface area contributed by atoms with Crippen LogP contribution in [-0.2, 0) is 6.42 Å². The maximum Gasteiger partial charge on any atom is 0.253 e. The van der Waals surface area contributed by atoms with Crippen molar-refractivity contribution in [2.45, 2.75) is 39.5 Å². The Balaban J connectivity index is 2.84. The molecule has 0 unspecified atom stereocenters. The second-order valence-electron chi connectivity index (χ2n) is 4.60. The van der Waals surface area contributed by atoms with Crippen molar-refractivity contribution in [3.8, 4) is 0 Å². The van der Waals surface area contributed by atoms with Crippen LogP contribution >= 0.6 is 0 Å². The van der Waals surface area contributed by atoms with E-state index in [0.717, 1.165) is 37.9 Å². The molecule has 0 fully saturated rings. The van der Waals surface area contributed by atoms with Crippen LogP contribution in [0.25, 0.3) is 0 Å². The molecule has 0 bridgehead atoms. The van der Waals surface area contributed by atoms with E-state index in [1.165, 1.54) is 0 Å². The number of carbonyl (C=O) groups is 1. The highest BCUT2D eigenvalue weighted by Gasteiger charge is 2.13. The first-order chi connectivity index (χ1) is 8.58. The highest BCUT2D eigenvalue weighted by molar-refractivity contribution is 5.94. The van der Waals surface area contributed by atoms with Gasteiger partial charge < -0.3 is 10.6 Å². The average Bonchev–Trinajstić information content (AvgIpc) is 2.34. The van der Waals surface area contributed by atoms with E-state index in [4.69, 9.17) is 5.73 Å². The van der Waals surface area contributed by atoms with Crippen LogP contribution < -0.4 is 5.73 Å². The largest absolute Gasteiger partial charge is 0.384 e. The molecule has 0 saturated carbocycles. The summed E-state index contributed by atoms with van der Waals surface area (Å²) in [5, 5.41) is 0. The summed E-state index contributed by atoms with van der Waals surface area (Å²) >= 11 is 0. The third-order valence-corrected chi connectivity index (χ3v) is 2.85. The Hall–Kier alpha value is -1.58. The van der Waals surface area contributed by atoms with Crippen molar-refractivity contribution in [1.29, 1.82) is 0 Å². The summed E-state index contributed by atoms with van der Waals surface area (Å²) in [5.41, 5.74) is 7.28. The molecular formula is C14H23N3O. The van der Waals surface area contributed by atoms with E-state index >= 15 is 0 Å². The van der Waals surface area contributed by atoms with E-state index in [-0.39, 0.29) is 5.91 Å². The molecule has 0 aliphatic rings. The minimum atomic E-state index is 0.0231. The Morgan fingerprint density at radius 2 is 2.06 bits per heavy atom. The highest BCUT2D eigenvalue weighted by Crippen LogP contribution is 2.12. The summed E-state index contributed by atoms with van der Waals surface area (Å²) in [6, 6.07) is 3.51. The van der Waals surface area contributed by atoms with Crippen molar-refractivity contribution >= 4 is 11.7 Å². The third kappa shape index (κ3) is 4.02. The van der Waals surface area contributed by atoms with E-state index in [2.05, 4.69) is 18.8 Å². The molecule has 1 heterocycles. The summed E-state index contributed by atoms with van der Waals surface area (Å²) in [6.07, 6.45) is 3.95. The van der Waals surface area contributed by atoms with Crippen LogP contribution in [0, 0.1) is 0 Å². The molecule has 4 heteroatoms.